The first-order valence-corrected chi connectivity index (χ1v) is 8.89. The maximum Gasteiger partial charge on any atom is 0.156 e. The number of methoxy groups -OCH3 is 1. The maximum absolute atomic E-state index is 12.1. The SMILES string of the molecule is COc1ccc(CNC(C)(C)C)cc1CS(=O)(=O)C(C)C. The normalized spacial score (nSPS) is 12.7. The summed E-state index contributed by atoms with van der Waals surface area (Å²) in [5.74, 6) is 0.635. The smallest absolute Gasteiger partial charge is 0.156 e. The molecule has 0 aliphatic heterocycles. The van der Waals surface area contributed by atoms with Crippen molar-refractivity contribution in [1.82, 2.24) is 5.32 Å². The fraction of sp³-hybridized carbons (Fsp3) is 0.625. The highest BCUT2D eigenvalue weighted by molar-refractivity contribution is 7.91. The highest BCUT2D eigenvalue weighted by Crippen LogP contribution is 2.24. The first-order valence-electron chi connectivity index (χ1n) is 7.17. The van der Waals surface area contributed by atoms with Crippen molar-refractivity contribution in [3.05, 3.63) is 29.3 Å². The molecular weight excluding hydrogens is 286 g/mol. The molecule has 0 fully saturated rings. The zero-order valence-electron chi connectivity index (χ0n) is 13.9. The van der Waals surface area contributed by atoms with Crippen LogP contribution in [0.15, 0.2) is 18.2 Å². The third kappa shape index (κ3) is 5.67. The molecule has 0 saturated heterocycles. The minimum atomic E-state index is -3.14. The van der Waals surface area contributed by atoms with Crippen molar-refractivity contribution >= 4 is 9.84 Å². The van der Waals surface area contributed by atoms with Crippen molar-refractivity contribution in [2.24, 2.45) is 0 Å². The van der Waals surface area contributed by atoms with Crippen LogP contribution in [0.25, 0.3) is 0 Å². The fourth-order valence-electron chi connectivity index (χ4n) is 1.81. The summed E-state index contributed by atoms with van der Waals surface area (Å²) in [5.41, 5.74) is 1.79. The van der Waals surface area contributed by atoms with E-state index in [1.165, 1.54) is 0 Å². The van der Waals surface area contributed by atoms with Crippen molar-refractivity contribution in [3.8, 4) is 5.75 Å². The number of hydrogen-bond acceptors (Lipinski definition) is 4. The lowest BCUT2D eigenvalue weighted by Crippen LogP contribution is -2.35. The molecule has 21 heavy (non-hydrogen) atoms. The molecule has 1 aromatic carbocycles. The van der Waals surface area contributed by atoms with Crippen LogP contribution in [0.2, 0.25) is 0 Å². The first-order chi connectivity index (χ1) is 9.55. The summed E-state index contributed by atoms with van der Waals surface area (Å²) < 4.78 is 29.5. The highest BCUT2D eigenvalue weighted by Gasteiger charge is 2.19. The lowest BCUT2D eigenvalue weighted by Gasteiger charge is -2.21. The molecule has 0 atom stereocenters. The monoisotopic (exact) mass is 313 g/mol. The zero-order chi connectivity index (χ0) is 16.3. The Morgan fingerprint density at radius 1 is 1.24 bits per heavy atom. The molecule has 1 aromatic rings. The van der Waals surface area contributed by atoms with Gasteiger partial charge in [-0.2, -0.15) is 0 Å². The Morgan fingerprint density at radius 2 is 1.86 bits per heavy atom. The Hall–Kier alpha value is -1.07. The molecule has 0 heterocycles. The average Bonchev–Trinajstić information content (AvgIpc) is 2.35. The molecule has 0 spiro atoms. The van der Waals surface area contributed by atoms with Crippen molar-refractivity contribution in [3.63, 3.8) is 0 Å². The van der Waals surface area contributed by atoms with Gasteiger partial charge in [0.15, 0.2) is 9.84 Å². The number of sulfone groups is 1. The number of rotatable bonds is 6. The summed E-state index contributed by atoms with van der Waals surface area (Å²) in [4.78, 5) is 0. The second-order valence-corrected chi connectivity index (χ2v) is 9.16. The summed E-state index contributed by atoms with van der Waals surface area (Å²) in [6.07, 6.45) is 0. The third-order valence-electron chi connectivity index (χ3n) is 3.24. The van der Waals surface area contributed by atoms with Crippen LogP contribution in [-0.2, 0) is 22.1 Å². The minimum absolute atomic E-state index is 0.0111. The van der Waals surface area contributed by atoms with Crippen LogP contribution >= 0.6 is 0 Å². The molecule has 1 rings (SSSR count). The summed E-state index contributed by atoms with van der Waals surface area (Å²) in [7, 11) is -1.58. The fourth-order valence-corrected chi connectivity index (χ4v) is 2.80. The van der Waals surface area contributed by atoms with Crippen LogP contribution < -0.4 is 10.1 Å². The molecule has 120 valence electrons. The van der Waals surface area contributed by atoms with Crippen molar-refractivity contribution < 1.29 is 13.2 Å². The molecule has 1 N–H and O–H groups in total. The Morgan fingerprint density at radius 3 is 2.33 bits per heavy atom. The second kappa shape index (κ2) is 6.79. The van der Waals surface area contributed by atoms with Crippen LogP contribution in [0.5, 0.6) is 5.75 Å². The molecule has 0 unspecified atom stereocenters. The van der Waals surface area contributed by atoms with Crippen LogP contribution in [0, 0.1) is 0 Å². The van der Waals surface area contributed by atoms with E-state index >= 15 is 0 Å². The van der Waals surface area contributed by atoms with Crippen molar-refractivity contribution in [1.29, 1.82) is 0 Å². The quantitative estimate of drug-likeness (QED) is 0.877. The van der Waals surface area contributed by atoms with Gasteiger partial charge in [-0.3, -0.25) is 0 Å². The van der Waals surface area contributed by atoms with Gasteiger partial charge in [-0.15, -0.1) is 0 Å². The molecule has 4 nitrogen and oxygen atoms in total. The van der Waals surface area contributed by atoms with E-state index in [1.807, 2.05) is 18.2 Å². The van der Waals surface area contributed by atoms with Gasteiger partial charge in [0.1, 0.15) is 5.75 Å². The van der Waals surface area contributed by atoms with Gasteiger partial charge in [-0.25, -0.2) is 8.42 Å². The van der Waals surface area contributed by atoms with Gasteiger partial charge in [0.05, 0.1) is 18.1 Å². The van der Waals surface area contributed by atoms with E-state index in [1.54, 1.807) is 21.0 Å². The van der Waals surface area contributed by atoms with Crippen LogP contribution in [0.4, 0.5) is 0 Å². The van der Waals surface area contributed by atoms with Gasteiger partial charge >= 0.3 is 0 Å². The third-order valence-corrected chi connectivity index (χ3v) is 5.39. The Bertz CT molecular complexity index is 572. The van der Waals surface area contributed by atoms with Gasteiger partial charge in [0.2, 0.25) is 0 Å². The van der Waals surface area contributed by atoms with E-state index in [0.717, 1.165) is 11.1 Å². The highest BCUT2D eigenvalue weighted by atomic mass is 32.2. The van der Waals surface area contributed by atoms with Gasteiger partial charge in [-0.05, 0) is 52.3 Å². The van der Waals surface area contributed by atoms with Crippen LogP contribution in [0.1, 0.15) is 45.7 Å². The van der Waals surface area contributed by atoms with E-state index in [-0.39, 0.29) is 11.3 Å². The molecule has 0 bridgehead atoms. The Kier molecular flexibility index (Phi) is 5.82. The van der Waals surface area contributed by atoms with E-state index in [2.05, 4.69) is 26.1 Å². The lowest BCUT2D eigenvalue weighted by atomic mass is 10.1. The Balaban J connectivity index is 3.01. The first kappa shape index (κ1) is 18.0. The molecule has 0 aliphatic rings. The number of ether oxygens (including phenoxy) is 1. The number of nitrogens with one attached hydrogen (secondary N) is 1. The van der Waals surface area contributed by atoms with Gasteiger partial charge in [-0.1, -0.05) is 6.07 Å². The predicted molar refractivity (Wildman–Crippen MR) is 87.3 cm³/mol. The lowest BCUT2D eigenvalue weighted by molar-refractivity contribution is 0.409. The van der Waals surface area contributed by atoms with Gasteiger partial charge < -0.3 is 10.1 Å². The van der Waals surface area contributed by atoms with E-state index in [4.69, 9.17) is 4.74 Å². The number of hydrogen-bond donors (Lipinski definition) is 1. The van der Waals surface area contributed by atoms with Crippen LogP contribution in [-0.4, -0.2) is 26.3 Å². The average molecular weight is 313 g/mol. The van der Waals surface area contributed by atoms with Gasteiger partial charge in [0, 0.05) is 17.6 Å². The molecule has 0 amide bonds. The van der Waals surface area contributed by atoms with Crippen molar-refractivity contribution in [2.75, 3.05) is 7.11 Å². The summed E-state index contributed by atoms with van der Waals surface area (Å²) in [5, 5.41) is 3.01. The summed E-state index contributed by atoms with van der Waals surface area (Å²) in [6.45, 7) is 10.4. The molecule has 0 radical (unpaired) electrons. The van der Waals surface area contributed by atoms with Crippen LogP contribution in [0.3, 0.4) is 0 Å². The largest absolute Gasteiger partial charge is 0.496 e. The van der Waals surface area contributed by atoms with Gasteiger partial charge in [0.25, 0.3) is 0 Å². The molecular formula is C16H27NO3S. The van der Waals surface area contributed by atoms with E-state index < -0.39 is 15.1 Å². The summed E-state index contributed by atoms with van der Waals surface area (Å²) in [6, 6.07) is 5.71. The molecule has 0 saturated carbocycles. The minimum Gasteiger partial charge on any atom is -0.496 e. The predicted octanol–water partition coefficient (Wildman–Crippen LogP) is 2.91. The molecule has 0 aliphatic carbocycles. The van der Waals surface area contributed by atoms with E-state index in [0.29, 0.717) is 12.3 Å². The molecule has 0 aromatic heterocycles. The van der Waals surface area contributed by atoms with Crippen molar-refractivity contribution in [2.45, 2.75) is 57.7 Å². The zero-order valence-corrected chi connectivity index (χ0v) is 14.7. The summed E-state index contributed by atoms with van der Waals surface area (Å²) >= 11 is 0. The number of benzene rings is 1. The maximum atomic E-state index is 12.1. The topological polar surface area (TPSA) is 55.4 Å². The second-order valence-electron chi connectivity index (χ2n) is 6.61. The Labute approximate surface area is 128 Å². The molecule has 5 heteroatoms. The standard InChI is InChI=1S/C16H27NO3S/c1-12(2)21(18,19)11-14-9-13(7-8-15(14)20-6)10-17-16(3,4)5/h7-9,12,17H,10-11H2,1-6H3. The van der Waals surface area contributed by atoms with E-state index in [9.17, 15) is 8.42 Å².